The molecule has 0 amide bonds. The summed E-state index contributed by atoms with van der Waals surface area (Å²) in [6, 6.07) is 8.49. The molecule has 138 valence electrons. The van der Waals surface area contributed by atoms with Gasteiger partial charge in [-0.1, -0.05) is 65.8 Å². The molecule has 25 heavy (non-hydrogen) atoms. The van der Waals surface area contributed by atoms with Gasteiger partial charge in [-0.25, -0.2) is 0 Å². The second kappa shape index (κ2) is 6.80. The molecule has 0 bridgehead atoms. The van der Waals surface area contributed by atoms with Gasteiger partial charge in [-0.15, -0.1) is 0 Å². The van der Waals surface area contributed by atoms with E-state index in [1.807, 2.05) is 0 Å². The molecule has 3 nitrogen and oxygen atoms in total. The number of nitrogens with zero attached hydrogens (tertiary/aromatic N) is 2. The largest absolute Gasteiger partial charge is 0.408 e. The van der Waals surface area contributed by atoms with Crippen LogP contribution in [-0.2, 0) is 4.43 Å². The topological polar surface area (TPSA) is 34.0 Å². The van der Waals surface area contributed by atoms with Crippen molar-refractivity contribution < 1.29 is 4.43 Å². The van der Waals surface area contributed by atoms with E-state index in [0.29, 0.717) is 0 Å². The predicted molar refractivity (Wildman–Crippen MR) is 109 cm³/mol. The van der Waals surface area contributed by atoms with Crippen LogP contribution in [0.2, 0.25) is 18.1 Å². The molecule has 0 saturated carbocycles. The molecule has 0 spiro atoms. The molecule has 4 heteroatoms. The van der Waals surface area contributed by atoms with E-state index in [-0.39, 0.29) is 22.6 Å². The van der Waals surface area contributed by atoms with Gasteiger partial charge in [0.2, 0.25) is 0 Å². The van der Waals surface area contributed by atoms with E-state index in [0.717, 1.165) is 5.70 Å². The lowest BCUT2D eigenvalue weighted by Gasteiger charge is -2.43. The van der Waals surface area contributed by atoms with Crippen molar-refractivity contribution in [2.24, 2.45) is 15.6 Å². The second-order valence-corrected chi connectivity index (χ2v) is 14.5. The molecule has 0 radical (unpaired) electrons. The third-order valence-electron chi connectivity index (χ3n) is 5.37. The molecule has 1 aliphatic rings. The SMILES string of the molecule is C[C@@H]1N=NC([C@H](O[Si](C)(C)C(C)(C)C)C(C)(C)C)=Cc2ccccc21. The Labute approximate surface area is 154 Å². The van der Waals surface area contributed by atoms with Gasteiger partial charge in [-0.3, -0.25) is 0 Å². The third kappa shape index (κ3) is 4.48. The first kappa shape index (κ1) is 20.1. The van der Waals surface area contributed by atoms with Crippen LogP contribution in [0.15, 0.2) is 40.2 Å². The van der Waals surface area contributed by atoms with Crippen molar-refractivity contribution >= 4 is 14.4 Å². The second-order valence-electron chi connectivity index (χ2n) is 9.71. The third-order valence-corrected chi connectivity index (χ3v) is 9.81. The average molecular weight is 359 g/mol. The molecule has 0 aliphatic carbocycles. The minimum absolute atomic E-state index is 0.0527. The van der Waals surface area contributed by atoms with Crippen molar-refractivity contribution in [2.75, 3.05) is 0 Å². The zero-order valence-corrected chi connectivity index (χ0v) is 18.3. The summed E-state index contributed by atoms with van der Waals surface area (Å²) < 4.78 is 6.83. The van der Waals surface area contributed by atoms with Gasteiger partial charge in [0.1, 0.15) is 0 Å². The standard InChI is InChI=1S/C21H34N2OSi/c1-15-17-13-11-10-12-16(17)14-18(23-22-15)19(20(2,3)4)24-25(8,9)21(5,6)7/h10-15,19H,1-9H3/t15-,19-/m0/s1. The number of fused-ring (bicyclic) bond motifs is 1. The van der Waals surface area contributed by atoms with Gasteiger partial charge < -0.3 is 4.43 Å². The number of hydrogen-bond donors (Lipinski definition) is 0. The molecule has 0 saturated heterocycles. The maximum Gasteiger partial charge on any atom is 0.193 e. The first-order valence-corrected chi connectivity index (χ1v) is 12.1. The van der Waals surface area contributed by atoms with Crippen LogP contribution in [0, 0.1) is 5.41 Å². The predicted octanol–water partition coefficient (Wildman–Crippen LogP) is 6.99. The van der Waals surface area contributed by atoms with Gasteiger partial charge in [-0.05, 0) is 47.7 Å². The zero-order valence-electron chi connectivity index (χ0n) is 17.3. The fraction of sp³-hybridized carbons (Fsp3) is 0.619. The molecule has 2 rings (SSSR count). The Hall–Kier alpha value is -1.26. The molecular weight excluding hydrogens is 324 g/mol. The molecular formula is C21H34N2OSi. The van der Waals surface area contributed by atoms with Crippen molar-refractivity contribution in [1.82, 2.24) is 0 Å². The highest BCUT2D eigenvalue weighted by atomic mass is 28.4. The number of rotatable bonds is 3. The highest BCUT2D eigenvalue weighted by Crippen LogP contribution is 2.42. The normalized spacial score (nSPS) is 19.9. The summed E-state index contributed by atoms with van der Waals surface area (Å²) in [7, 11) is -1.93. The summed E-state index contributed by atoms with van der Waals surface area (Å²) in [5, 5.41) is 9.36. The van der Waals surface area contributed by atoms with Gasteiger partial charge in [0.25, 0.3) is 0 Å². The quantitative estimate of drug-likeness (QED) is 0.536. The van der Waals surface area contributed by atoms with Crippen LogP contribution in [0.25, 0.3) is 6.08 Å². The van der Waals surface area contributed by atoms with Crippen molar-refractivity contribution in [1.29, 1.82) is 0 Å². The maximum absolute atomic E-state index is 6.83. The first-order chi connectivity index (χ1) is 11.3. The Bertz CT molecular complexity index is 678. The Morgan fingerprint density at radius 3 is 2.20 bits per heavy atom. The average Bonchev–Trinajstić information content (AvgIpc) is 2.62. The van der Waals surface area contributed by atoms with Crippen LogP contribution in [0.5, 0.6) is 0 Å². The van der Waals surface area contributed by atoms with E-state index in [2.05, 4.69) is 102 Å². The number of benzene rings is 1. The fourth-order valence-corrected chi connectivity index (χ4v) is 4.12. The first-order valence-electron chi connectivity index (χ1n) is 9.22. The molecule has 2 atom stereocenters. The molecule has 1 aromatic rings. The van der Waals surface area contributed by atoms with Crippen LogP contribution in [0.3, 0.4) is 0 Å². The molecule has 0 unspecified atom stereocenters. The van der Waals surface area contributed by atoms with Crippen molar-refractivity contribution in [3.63, 3.8) is 0 Å². The maximum atomic E-state index is 6.83. The monoisotopic (exact) mass is 358 g/mol. The minimum Gasteiger partial charge on any atom is -0.408 e. The van der Waals surface area contributed by atoms with E-state index in [4.69, 9.17) is 4.43 Å². The lowest BCUT2D eigenvalue weighted by Crippen LogP contribution is -2.47. The Morgan fingerprint density at radius 2 is 1.64 bits per heavy atom. The van der Waals surface area contributed by atoms with Gasteiger partial charge in [0.05, 0.1) is 17.8 Å². The molecule has 0 fully saturated rings. The van der Waals surface area contributed by atoms with E-state index in [1.165, 1.54) is 11.1 Å². The van der Waals surface area contributed by atoms with Crippen molar-refractivity contribution in [2.45, 2.75) is 78.7 Å². The van der Waals surface area contributed by atoms with Gasteiger partial charge in [-0.2, -0.15) is 10.2 Å². The summed E-state index contributed by atoms with van der Waals surface area (Å²) in [5.41, 5.74) is 3.31. The van der Waals surface area contributed by atoms with Crippen LogP contribution in [0.1, 0.15) is 65.6 Å². The van der Waals surface area contributed by atoms with E-state index >= 15 is 0 Å². The van der Waals surface area contributed by atoms with Crippen molar-refractivity contribution in [3.8, 4) is 0 Å². The Morgan fingerprint density at radius 1 is 1.04 bits per heavy atom. The fourth-order valence-electron chi connectivity index (χ4n) is 2.71. The molecule has 1 aliphatic heterocycles. The Balaban J connectivity index is 2.50. The van der Waals surface area contributed by atoms with Gasteiger partial charge in [0, 0.05) is 0 Å². The van der Waals surface area contributed by atoms with Crippen LogP contribution in [-0.4, -0.2) is 14.4 Å². The number of azo groups is 1. The lowest BCUT2D eigenvalue weighted by molar-refractivity contribution is 0.102. The highest BCUT2D eigenvalue weighted by molar-refractivity contribution is 6.74. The van der Waals surface area contributed by atoms with Crippen LogP contribution >= 0.6 is 0 Å². The summed E-state index contributed by atoms with van der Waals surface area (Å²) in [4.78, 5) is 0. The lowest BCUT2D eigenvalue weighted by atomic mass is 9.86. The molecule has 0 N–H and O–H groups in total. The summed E-state index contributed by atoms with van der Waals surface area (Å²) in [6.07, 6.45) is 2.10. The molecule has 1 aromatic carbocycles. The van der Waals surface area contributed by atoms with Crippen LogP contribution in [0.4, 0.5) is 0 Å². The van der Waals surface area contributed by atoms with Gasteiger partial charge >= 0.3 is 0 Å². The highest BCUT2D eigenvalue weighted by Gasteiger charge is 2.43. The van der Waals surface area contributed by atoms with E-state index in [1.54, 1.807) is 0 Å². The van der Waals surface area contributed by atoms with Crippen LogP contribution < -0.4 is 0 Å². The molecule has 0 aromatic heterocycles. The molecule has 1 heterocycles. The van der Waals surface area contributed by atoms with E-state index in [9.17, 15) is 0 Å². The smallest absolute Gasteiger partial charge is 0.193 e. The Kier molecular flexibility index (Phi) is 5.46. The van der Waals surface area contributed by atoms with Crippen molar-refractivity contribution in [3.05, 3.63) is 41.1 Å². The summed E-state index contributed by atoms with van der Waals surface area (Å²) in [5.74, 6) is 0. The van der Waals surface area contributed by atoms with E-state index < -0.39 is 8.32 Å². The zero-order chi connectivity index (χ0) is 19.0. The minimum atomic E-state index is -1.93. The summed E-state index contributed by atoms with van der Waals surface area (Å²) in [6.45, 7) is 20.2. The summed E-state index contributed by atoms with van der Waals surface area (Å²) >= 11 is 0. The number of hydrogen-bond acceptors (Lipinski definition) is 3. The van der Waals surface area contributed by atoms with Gasteiger partial charge in [0.15, 0.2) is 8.32 Å².